The summed E-state index contributed by atoms with van der Waals surface area (Å²) in [5, 5.41) is 3.02. The summed E-state index contributed by atoms with van der Waals surface area (Å²) in [6, 6.07) is 6.18. The van der Waals surface area contributed by atoms with Gasteiger partial charge in [0.05, 0.1) is 0 Å². The van der Waals surface area contributed by atoms with Gasteiger partial charge in [-0.1, -0.05) is 6.07 Å². The van der Waals surface area contributed by atoms with Crippen molar-refractivity contribution in [2.45, 2.75) is 19.4 Å². The Morgan fingerprint density at radius 3 is 2.71 bits per heavy atom. The van der Waals surface area contributed by atoms with Gasteiger partial charge in [-0.25, -0.2) is 4.39 Å². The molecule has 0 spiro atoms. The topological polar surface area (TPSA) is 21.3 Å². The Bertz CT molecular complexity index is 299. The average Bonchev–Trinajstić information content (AvgIpc) is 2.02. The number of benzene rings is 1. The zero-order valence-corrected chi connectivity index (χ0v) is 8.80. The third kappa shape index (κ3) is 3.34. The number of ether oxygens (including phenoxy) is 1. The Balaban J connectivity index is 2.68. The highest BCUT2D eigenvalue weighted by Crippen LogP contribution is 2.18. The van der Waals surface area contributed by atoms with Gasteiger partial charge in [0.25, 0.3) is 0 Å². The van der Waals surface area contributed by atoms with Crippen LogP contribution in [0.3, 0.4) is 0 Å². The van der Waals surface area contributed by atoms with Gasteiger partial charge in [0.2, 0.25) is 0 Å². The summed E-state index contributed by atoms with van der Waals surface area (Å²) in [7, 11) is 1.86. The van der Waals surface area contributed by atoms with E-state index in [0.29, 0.717) is 12.3 Å². The monoisotopic (exact) mass is 197 g/mol. The van der Waals surface area contributed by atoms with Gasteiger partial charge in [-0.2, -0.15) is 0 Å². The van der Waals surface area contributed by atoms with E-state index in [-0.39, 0.29) is 11.4 Å². The van der Waals surface area contributed by atoms with Crippen molar-refractivity contribution in [3.05, 3.63) is 30.1 Å². The second-order valence-electron chi connectivity index (χ2n) is 3.85. The van der Waals surface area contributed by atoms with Crippen LogP contribution in [0.2, 0.25) is 0 Å². The summed E-state index contributed by atoms with van der Waals surface area (Å²) in [6.07, 6.45) is 0. The minimum Gasteiger partial charge on any atom is -0.486 e. The van der Waals surface area contributed by atoms with Gasteiger partial charge >= 0.3 is 0 Å². The molecule has 0 unspecified atom stereocenters. The quantitative estimate of drug-likeness (QED) is 0.799. The first-order valence-corrected chi connectivity index (χ1v) is 4.63. The van der Waals surface area contributed by atoms with Gasteiger partial charge in [-0.05, 0) is 33.0 Å². The highest BCUT2D eigenvalue weighted by atomic mass is 19.1. The Morgan fingerprint density at radius 2 is 2.14 bits per heavy atom. The Morgan fingerprint density at radius 1 is 1.43 bits per heavy atom. The van der Waals surface area contributed by atoms with Gasteiger partial charge in [0.1, 0.15) is 17.2 Å². The van der Waals surface area contributed by atoms with E-state index in [0.717, 1.165) is 0 Å². The molecular formula is C11H16FNO. The molecule has 0 heterocycles. The molecule has 1 N–H and O–H groups in total. The third-order valence-corrected chi connectivity index (χ3v) is 1.79. The lowest BCUT2D eigenvalue weighted by atomic mass is 10.1. The van der Waals surface area contributed by atoms with Gasteiger partial charge in [0.15, 0.2) is 0 Å². The van der Waals surface area contributed by atoms with Crippen molar-refractivity contribution >= 4 is 0 Å². The lowest BCUT2D eigenvalue weighted by Crippen LogP contribution is -2.38. The molecule has 0 aromatic heterocycles. The molecule has 0 radical (unpaired) electrons. The summed E-state index contributed by atoms with van der Waals surface area (Å²) in [5.41, 5.74) is -0.331. The van der Waals surface area contributed by atoms with E-state index in [4.69, 9.17) is 4.74 Å². The molecule has 1 aromatic carbocycles. The smallest absolute Gasteiger partial charge is 0.126 e. The molecule has 0 aliphatic heterocycles. The summed E-state index contributed by atoms with van der Waals surface area (Å²) in [4.78, 5) is 0. The van der Waals surface area contributed by atoms with E-state index in [1.165, 1.54) is 12.1 Å². The van der Waals surface area contributed by atoms with Crippen LogP contribution in [0.5, 0.6) is 5.75 Å². The first kappa shape index (κ1) is 11.0. The van der Waals surface area contributed by atoms with E-state index >= 15 is 0 Å². The molecule has 1 aromatic rings. The third-order valence-electron chi connectivity index (χ3n) is 1.79. The Labute approximate surface area is 84.1 Å². The van der Waals surface area contributed by atoms with Crippen molar-refractivity contribution < 1.29 is 9.13 Å². The second-order valence-corrected chi connectivity index (χ2v) is 3.85. The maximum atomic E-state index is 12.8. The van der Waals surface area contributed by atoms with Crippen molar-refractivity contribution in [2.75, 3.05) is 13.6 Å². The first-order valence-electron chi connectivity index (χ1n) is 4.63. The van der Waals surface area contributed by atoms with Crippen molar-refractivity contribution in [3.8, 4) is 5.75 Å². The van der Waals surface area contributed by atoms with E-state index in [2.05, 4.69) is 5.32 Å². The van der Waals surface area contributed by atoms with Crippen LogP contribution in [0.1, 0.15) is 13.8 Å². The van der Waals surface area contributed by atoms with Crippen molar-refractivity contribution in [1.82, 2.24) is 5.32 Å². The molecule has 1 rings (SSSR count). The van der Waals surface area contributed by atoms with Crippen LogP contribution < -0.4 is 10.1 Å². The molecule has 0 saturated heterocycles. The molecule has 3 heteroatoms. The van der Waals surface area contributed by atoms with E-state index < -0.39 is 0 Å². The van der Waals surface area contributed by atoms with Crippen LogP contribution in [0.25, 0.3) is 0 Å². The van der Waals surface area contributed by atoms with Crippen LogP contribution in [0, 0.1) is 5.82 Å². The fourth-order valence-electron chi connectivity index (χ4n) is 1.31. The second kappa shape index (κ2) is 4.42. The zero-order valence-electron chi connectivity index (χ0n) is 8.80. The molecule has 78 valence electrons. The number of rotatable bonds is 4. The van der Waals surface area contributed by atoms with Crippen molar-refractivity contribution in [1.29, 1.82) is 0 Å². The summed E-state index contributed by atoms with van der Waals surface area (Å²) in [6.45, 7) is 4.62. The predicted molar refractivity (Wildman–Crippen MR) is 55.0 cm³/mol. The normalized spacial score (nSPS) is 11.4. The molecule has 0 bridgehead atoms. The van der Waals surface area contributed by atoms with Crippen LogP contribution in [0.15, 0.2) is 24.3 Å². The molecule has 0 aliphatic carbocycles. The minimum atomic E-state index is -0.331. The van der Waals surface area contributed by atoms with Crippen molar-refractivity contribution in [3.63, 3.8) is 0 Å². The predicted octanol–water partition coefficient (Wildman–Crippen LogP) is 2.20. The number of hydrogen-bond acceptors (Lipinski definition) is 2. The summed E-state index contributed by atoms with van der Waals surface area (Å²) in [5.74, 6) is 0.285. The van der Waals surface area contributed by atoms with Gasteiger partial charge in [-0.3, -0.25) is 0 Å². The molecule has 0 fully saturated rings. The molecule has 2 nitrogen and oxygen atoms in total. The molecule has 0 aliphatic rings. The van der Waals surface area contributed by atoms with Gasteiger partial charge in [0, 0.05) is 12.6 Å². The van der Waals surface area contributed by atoms with Gasteiger partial charge in [-0.15, -0.1) is 0 Å². The molecule has 0 saturated carbocycles. The largest absolute Gasteiger partial charge is 0.486 e. The standard InChI is InChI=1S/C11H16FNO/c1-11(2,8-13-3)14-10-6-4-5-9(12)7-10/h4-7,13H,8H2,1-3H3. The molecule has 0 atom stereocenters. The number of likely N-dealkylation sites (N-methyl/N-ethyl adjacent to an activating group) is 1. The number of hydrogen-bond donors (Lipinski definition) is 1. The van der Waals surface area contributed by atoms with Gasteiger partial charge < -0.3 is 10.1 Å². The summed E-state index contributed by atoms with van der Waals surface area (Å²) < 4.78 is 18.5. The average molecular weight is 197 g/mol. The first-order chi connectivity index (χ1) is 6.53. The van der Waals surface area contributed by atoms with Crippen LogP contribution in [-0.2, 0) is 0 Å². The highest BCUT2D eigenvalue weighted by molar-refractivity contribution is 5.23. The molecule has 14 heavy (non-hydrogen) atoms. The van der Waals surface area contributed by atoms with Crippen molar-refractivity contribution in [2.24, 2.45) is 0 Å². The maximum absolute atomic E-state index is 12.8. The van der Waals surface area contributed by atoms with E-state index in [1.54, 1.807) is 12.1 Å². The van der Waals surface area contributed by atoms with E-state index in [1.807, 2.05) is 20.9 Å². The summed E-state index contributed by atoms with van der Waals surface area (Å²) >= 11 is 0. The molecule has 0 amide bonds. The van der Waals surface area contributed by atoms with Crippen LogP contribution >= 0.6 is 0 Å². The molecular weight excluding hydrogens is 181 g/mol. The highest BCUT2D eigenvalue weighted by Gasteiger charge is 2.18. The lowest BCUT2D eigenvalue weighted by Gasteiger charge is -2.26. The van der Waals surface area contributed by atoms with Crippen LogP contribution in [-0.4, -0.2) is 19.2 Å². The van der Waals surface area contributed by atoms with Crippen LogP contribution in [0.4, 0.5) is 4.39 Å². The fourth-order valence-corrected chi connectivity index (χ4v) is 1.31. The number of nitrogens with one attached hydrogen (secondary N) is 1. The Hall–Kier alpha value is -1.09. The maximum Gasteiger partial charge on any atom is 0.126 e. The Kier molecular flexibility index (Phi) is 3.47. The SMILES string of the molecule is CNCC(C)(C)Oc1cccc(F)c1. The minimum absolute atomic E-state index is 0.275. The zero-order chi connectivity index (χ0) is 10.6. The fraction of sp³-hybridized carbons (Fsp3) is 0.455. The number of halogens is 1. The lowest BCUT2D eigenvalue weighted by molar-refractivity contribution is 0.110. The van der Waals surface area contributed by atoms with E-state index in [9.17, 15) is 4.39 Å².